The molecule has 4 nitrogen and oxygen atoms in total. The molecule has 1 saturated carbocycles. The number of hydrogen-bond acceptors (Lipinski definition) is 4. The summed E-state index contributed by atoms with van der Waals surface area (Å²) in [6.45, 7) is 2.13. The van der Waals surface area contributed by atoms with E-state index in [2.05, 4.69) is 22.0 Å². The largest absolute Gasteiger partial charge is 0.496 e. The van der Waals surface area contributed by atoms with Crippen LogP contribution in [0.25, 0.3) is 16.2 Å². The fraction of sp³-hybridized carbons (Fsp3) is 0.421. The summed E-state index contributed by atoms with van der Waals surface area (Å²) in [7, 11) is 1.57. The van der Waals surface area contributed by atoms with Gasteiger partial charge in [-0.3, -0.25) is 4.40 Å². The third-order valence-corrected chi connectivity index (χ3v) is 5.80. The van der Waals surface area contributed by atoms with Gasteiger partial charge in [0.05, 0.1) is 12.7 Å². The van der Waals surface area contributed by atoms with E-state index in [1.54, 1.807) is 30.6 Å². The van der Waals surface area contributed by atoms with E-state index in [4.69, 9.17) is 9.72 Å². The van der Waals surface area contributed by atoms with Gasteiger partial charge in [-0.2, -0.15) is 0 Å². The molecule has 0 spiro atoms. The smallest absolute Gasteiger partial charge is 0.196 e. The average Bonchev–Trinajstić information content (AvgIpc) is 3.33. The molecule has 1 aliphatic rings. The SMILES string of the molecule is CCc1csc2nc(-c3c(F)cccc3OC)c(NC3CCCC3)n12. The second kappa shape index (κ2) is 6.67. The number of hydrogen-bond donors (Lipinski definition) is 1. The molecule has 1 aliphatic carbocycles. The molecule has 4 rings (SSSR count). The number of methoxy groups -OCH3 is 1. The van der Waals surface area contributed by atoms with Crippen LogP contribution < -0.4 is 10.1 Å². The second-order valence-corrected chi connectivity index (χ2v) is 7.29. The molecule has 0 bridgehead atoms. The molecule has 0 atom stereocenters. The monoisotopic (exact) mass is 359 g/mol. The van der Waals surface area contributed by atoms with Crippen LogP contribution in [-0.4, -0.2) is 22.5 Å². The molecule has 25 heavy (non-hydrogen) atoms. The van der Waals surface area contributed by atoms with Crippen LogP contribution in [0.1, 0.15) is 38.3 Å². The fourth-order valence-electron chi connectivity index (χ4n) is 3.64. The zero-order chi connectivity index (χ0) is 17.4. The van der Waals surface area contributed by atoms with E-state index in [1.807, 2.05) is 0 Å². The molecule has 0 aliphatic heterocycles. The van der Waals surface area contributed by atoms with Gasteiger partial charge in [-0.25, -0.2) is 9.37 Å². The summed E-state index contributed by atoms with van der Waals surface area (Å²) < 4.78 is 22.2. The maximum absolute atomic E-state index is 14.7. The Morgan fingerprint density at radius 2 is 2.16 bits per heavy atom. The van der Waals surface area contributed by atoms with Crippen LogP contribution >= 0.6 is 11.3 Å². The number of ether oxygens (including phenoxy) is 1. The van der Waals surface area contributed by atoms with Crippen LogP contribution in [0.5, 0.6) is 5.75 Å². The van der Waals surface area contributed by atoms with E-state index in [9.17, 15) is 4.39 Å². The number of nitrogens with zero attached hydrogens (tertiary/aromatic N) is 2. The number of imidazole rings is 1. The molecule has 2 heterocycles. The van der Waals surface area contributed by atoms with Crippen molar-refractivity contribution in [1.82, 2.24) is 9.38 Å². The first kappa shape index (κ1) is 16.4. The molecule has 1 fully saturated rings. The summed E-state index contributed by atoms with van der Waals surface area (Å²) in [4.78, 5) is 5.65. The first-order valence-corrected chi connectivity index (χ1v) is 9.69. The highest BCUT2D eigenvalue weighted by atomic mass is 32.1. The quantitative estimate of drug-likeness (QED) is 0.686. The van der Waals surface area contributed by atoms with Gasteiger partial charge >= 0.3 is 0 Å². The third-order valence-electron chi connectivity index (χ3n) is 4.92. The molecule has 0 unspecified atom stereocenters. The number of anilines is 1. The van der Waals surface area contributed by atoms with E-state index in [0.717, 1.165) is 30.0 Å². The normalized spacial score (nSPS) is 15.2. The number of fused-ring (bicyclic) bond motifs is 1. The van der Waals surface area contributed by atoms with Gasteiger partial charge in [0.25, 0.3) is 0 Å². The predicted octanol–water partition coefficient (Wildman–Crippen LogP) is 5.13. The number of rotatable bonds is 5. The first-order chi connectivity index (χ1) is 12.2. The minimum absolute atomic E-state index is 0.308. The number of halogens is 1. The van der Waals surface area contributed by atoms with Crippen molar-refractivity contribution < 1.29 is 9.13 Å². The molecule has 3 aromatic rings. The van der Waals surface area contributed by atoms with Crippen molar-refractivity contribution in [3.8, 4) is 17.0 Å². The van der Waals surface area contributed by atoms with Gasteiger partial charge in [0.15, 0.2) is 4.96 Å². The predicted molar refractivity (Wildman–Crippen MR) is 100 cm³/mol. The molecule has 132 valence electrons. The van der Waals surface area contributed by atoms with Crippen LogP contribution in [0.2, 0.25) is 0 Å². The summed E-state index contributed by atoms with van der Waals surface area (Å²) in [5.41, 5.74) is 2.27. The minimum Gasteiger partial charge on any atom is -0.496 e. The molecular weight excluding hydrogens is 337 g/mol. The highest BCUT2D eigenvalue weighted by Gasteiger charge is 2.25. The lowest BCUT2D eigenvalue weighted by Gasteiger charge is -2.16. The summed E-state index contributed by atoms with van der Waals surface area (Å²) in [6.07, 6.45) is 5.67. The molecule has 1 N–H and O–H groups in total. The summed E-state index contributed by atoms with van der Waals surface area (Å²) in [6, 6.07) is 5.33. The Kier molecular flexibility index (Phi) is 4.37. The zero-order valence-electron chi connectivity index (χ0n) is 14.5. The standard InChI is InChI=1S/C19H22FN3OS/c1-3-13-11-25-19-22-17(16-14(20)9-6-10-15(16)24-2)18(23(13)19)21-12-7-4-5-8-12/h6,9-12,21H,3-5,7-8H2,1-2H3. The van der Waals surface area contributed by atoms with Gasteiger partial charge in [-0.05, 0) is 31.4 Å². The number of nitrogens with one attached hydrogen (secondary N) is 1. The van der Waals surface area contributed by atoms with E-state index < -0.39 is 0 Å². The lowest BCUT2D eigenvalue weighted by atomic mass is 10.1. The molecular formula is C19H22FN3OS. The number of benzene rings is 1. The Morgan fingerprint density at radius 3 is 2.88 bits per heavy atom. The second-order valence-electron chi connectivity index (χ2n) is 6.45. The highest BCUT2D eigenvalue weighted by molar-refractivity contribution is 7.15. The third kappa shape index (κ3) is 2.78. The minimum atomic E-state index is -0.308. The lowest BCUT2D eigenvalue weighted by Crippen LogP contribution is -2.17. The van der Waals surface area contributed by atoms with Crippen molar-refractivity contribution in [2.45, 2.75) is 45.1 Å². The van der Waals surface area contributed by atoms with Crippen molar-refractivity contribution in [3.63, 3.8) is 0 Å². The van der Waals surface area contributed by atoms with Crippen LogP contribution in [0.15, 0.2) is 23.6 Å². The Morgan fingerprint density at radius 1 is 1.36 bits per heavy atom. The summed E-state index contributed by atoms with van der Waals surface area (Å²) in [5, 5.41) is 5.78. The van der Waals surface area contributed by atoms with Crippen molar-refractivity contribution in [2.75, 3.05) is 12.4 Å². The Labute approximate surface area is 150 Å². The number of aryl methyl sites for hydroxylation is 1. The van der Waals surface area contributed by atoms with Gasteiger partial charge < -0.3 is 10.1 Å². The molecule has 1 aromatic carbocycles. The van der Waals surface area contributed by atoms with E-state index >= 15 is 0 Å². The highest BCUT2D eigenvalue weighted by Crippen LogP contribution is 2.40. The zero-order valence-corrected chi connectivity index (χ0v) is 15.3. The molecule has 2 aromatic heterocycles. The van der Waals surface area contributed by atoms with Gasteiger partial charge in [0.1, 0.15) is 23.1 Å². The van der Waals surface area contributed by atoms with Crippen molar-refractivity contribution in [3.05, 3.63) is 35.1 Å². The maximum Gasteiger partial charge on any atom is 0.196 e. The van der Waals surface area contributed by atoms with Crippen molar-refractivity contribution in [2.24, 2.45) is 0 Å². The van der Waals surface area contributed by atoms with Gasteiger partial charge in [0, 0.05) is 17.1 Å². The number of thiazole rings is 1. The van der Waals surface area contributed by atoms with Crippen LogP contribution in [0, 0.1) is 5.82 Å². The fourth-order valence-corrected chi connectivity index (χ4v) is 4.61. The van der Waals surface area contributed by atoms with Crippen molar-refractivity contribution >= 4 is 22.1 Å². The molecule has 0 saturated heterocycles. The summed E-state index contributed by atoms with van der Waals surface area (Å²) >= 11 is 1.59. The topological polar surface area (TPSA) is 38.6 Å². The van der Waals surface area contributed by atoms with Crippen LogP contribution in [0.3, 0.4) is 0 Å². The lowest BCUT2D eigenvalue weighted by molar-refractivity contribution is 0.413. The Bertz CT molecular complexity index is 896. The Hall–Kier alpha value is -2.08. The Balaban J connectivity index is 1.93. The average molecular weight is 359 g/mol. The van der Waals surface area contributed by atoms with Gasteiger partial charge in [-0.1, -0.05) is 25.8 Å². The van der Waals surface area contributed by atoms with Crippen LogP contribution in [-0.2, 0) is 6.42 Å². The number of aromatic nitrogens is 2. The molecule has 0 amide bonds. The maximum atomic E-state index is 14.7. The van der Waals surface area contributed by atoms with E-state index in [1.165, 1.54) is 24.6 Å². The van der Waals surface area contributed by atoms with E-state index in [0.29, 0.717) is 23.0 Å². The van der Waals surface area contributed by atoms with Crippen molar-refractivity contribution in [1.29, 1.82) is 0 Å². The summed E-state index contributed by atoms with van der Waals surface area (Å²) in [5.74, 6) is 1.10. The van der Waals surface area contributed by atoms with E-state index in [-0.39, 0.29) is 5.82 Å². The first-order valence-electron chi connectivity index (χ1n) is 8.81. The molecule has 6 heteroatoms. The van der Waals surface area contributed by atoms with Gasteiger partial charge in [0.2, 0.25) is 0 Å². The van der Waals surface area contributed by atoms with Gasteiger partial charge in [-0.15, -0.1) is 11.3 Å². The van der Waals surface area contributed by atoms with Crippen LogP contribution in [0.4, 0.5) is 10.2 Å². The molecule has 0 radical (unpaired) electrons.